The summed E-state index contributed by atoms with van der Waals surface area (Å²) in [6.45, 7) is 3.56. The summed E-state index contributed by atoms with van der Waals surface area (Å²) in [6.07, 6.45) is 4.78. The lowest BCUT2D eigenvalue weighted by molar-refractivity contribution is -0.148. The highest BCUT2D eigenvalue weighted by molar-refractivity contribution is 6.08. The summed E-state index contributed by atoms with van der Waals surface area (Å²) in [5.74, 6) is -2.06. The van der Waals surface area contributed by atoms with Crippen molar-refractivity contribution >= 4 is 23.6 Å². The lowest BCUT2D eigenvalue weighted by Crippen LogP contribution is -2.61. The summed E-state index contributed by atoms with van der Waals surface area (Å²) < 4.78 is 0. The first-order chi connectivity index (χ1) is 13.3. The van der Waals surface area contributed by atoms with Gasteiger partial charge >= 0.3 is 5.97 Å². The normalized spacial score (nSPS) is 16.8. The molecule has 1 atom stereocenters. The fraction of sp³-hybridized carbons (Fsp3) is 0.789. The van der Waals surface area contributed by atoms with Crippen LogP contribution in [-0.4, -0.2) is 60.4 Å². The molecule has 9 heteroatoms. The topological polar surface area (TPSA) is 151 Å². The highest BCUT2D eigenvalue weighted by atomic mass is 16.4. The maximum absolute atomic E-state index is 12.1. The second-order valence-electron chi connectivity index (χ2n) is 7.41. The van der Waals surface area contributed by atoms with Crippen LogP contribution in [0.25, 0.3) is 0 Å². The number of rotatable bonds is 13. The molecule has 1 heterocycles. The van der Waals surface area contributed by atoms with Gasteiger partial charge in [0.25, 0.3) is 0 Å². The molecule has 2 amide bonds. The summed E-state index contributed by atoms with van der Waals surface area (Å²) in [6, 6.07) is 0. The molecule has 1 saturated heterocycles. The number of aliphatic carboxylic acids is 1. The van der Waals surface area contributed by atoms with Crippen LogP contribution in [0, 0.1) is 5.92 Å². The lowest BCUT2D eigenvalue weighted by Gasteiger charge is -2.23. The predicted octanol–water partition coefficient (Wildman–Crippen LogP) is -0.0699. The number of amides is 2. The number of hydrogen-bond donors (Lipinski definition) is 5. The van der Waals surface area contributed by atoms with Crippen molar-refractivity contribution in [2.24, 2.45) is 11.7 Å². The maximum Gasteiger partial charge on any atom is 0.333 e. The fourth-order valence-corrected chi connectivity index (χ4v) is 3.09. The Bertz CT molecular complexity index is 548. The molecule has 28 heavy (non-hydrogen) atoms. The highest BCUT2D eigenvalue weighted by Crippen LogP contribution is 2.17. The number of nitrogens with one attached hydrogen (secondary N) is 3. The average molecular weight is 399 g/mol. The van der Waals surface area contributed by atoms with E-state index < -0.39 is 29.7 Å². The van der Waals surface area contributed by atoms with Crippen molar-refractivity contribution in [3.8, 4) is 0 Å². The summed E-state index contributed by atoms with van der Waals surface area (Å²) >= 11 is 0. The minimum absolute atomic E-state index is 0.00205. The smallest absolute Gasteiger partial charge is 0.333 e. The Balaban J connectivity index is 2.27. The molecule has 0 radical (unpaired) electrons. The van der Waals surface area contributed by atoms with Gasteiger partial charge in [0, 0.05) is 25.8 Å². The lowest BCUT2D eigenvalue weighted by atomic mass is 9.91. The Morgan fingerprint density at radius 1 is 1.07 bits per heavy atom. The van der Waals surface area contributed by atoms with Gasteiger partial charge in [-0.25, -0.2) is 4.79 Å². The molecule has 0 spiro atoms. The van der Waals surface area contributed by atoms with Gasteiger partial charge in [0.15, 0.2) is 11.3 Å². The molecular weight excluding hydrogens is 364 g/mol. The van der Waals surface area contributed by atoms with Gasteiger partial charge in [-0.05, 0) is 44.7 Å². The van der Waals surface area contributed by atoms with Crippen molar-refractivity contribution in [1.29, 1.82) is 0 Å². The van der Waals surface area contributed by atoms with Gasteiger partial charge < -0.3 is 26.8 Å². The van der Waals surface area contributed by atoms with Crippen LogP contribution in [0.2, 0.25) is 0 Å². The first-order valence-corrected chi connectivity index (χ1v) is 10.1. The molecule has 0 aromatic heterocycles. The fourth-order valence-electron chi connectivity index (χ4n) is 3.09. The third-order valence-corrected chi connectivity index (χ3v) is 5.11. The number of unbranched alkanes of at least 4 members (excludes halogenated alkanes) is 1. The molecule has 1 aliphatic heterocycles. The molecule has 1 aliphatic rings. The first kappa shape index (κ1) is 24.0. The van der Waals surface area contributed by atoms with Crippen molar-refractivity contribution in [3.63, 3.8) is 0 Å². The number of carboxylic acids is 1. The molecule has 0 saturated carbocycles. The molecule has 160 valence electrons. The van der Waals surface area contributed by atoms with E-state index >= 15 is 0 Å². The maximum atomic E-state index is 12.1. The Labute approximate surface area is 166 Å². The molecule has 0 aliphatic carbocycles. The molecule has 1 unspecified atom stereocenters. The quantitative estimate of drug-likeness (QED) is 0.272. The van der Waals surface area contributed by atoms with Crippen LogP contribution < -0.4 is 21.7 Å². The summed E-state index contributed by atoms with van der Waals surface area (Å²) in [5, 5.41) is 17.6. The number of nitrogens with two attached hydrogens (primary N) is 1. The van der Waals surface area contributed by atoms with Gasteiger partial charge in [-0.3, -0.25) is 14.4 Å². The van der Waals surface area contributed by atoms with Crippen LogP contribution in [0.1, 0.15) is 58.3 Å². The van der Waals surface area contributed by atoms with Crippen LogP contribution in [-0.2, 0) is 19.2 Å². The Kier molecular flexibility index (Phi) is 10.7. The molecule has 1 rings (SSSR count). The standard InChI is InChI=1S/C19H34N4O5/c1-2-3-4-15(24)19(20,18(27)28)13-23-17(26)9-12-22-16(25)6-5-14-7-10-21-11-8-14/h14,21H,2-13,20H2,1H3,(H,22,25)(H,23,26)(H,27,28). The highest BCUT2D eigenvalue weighted by Gasteiger charge is 2.41. The van der Waals surface area contributed by atoms with Gasteiger partial charge in [0.1, 0.15) is 0 Å². The van der Waals surface area contributed by atoms with Crippen molar-refractivity contribution in [3.05, 3.63) is 0 Å². The molecule has 0 aromatic rings. The van der Waals surface area contributed by atoms with Crippen molar-refractivity contribution in [2.45, 2.75) is 63.8 Å². The molecule has 9 nitrogen and oxygen atoms in total. The van der Waals surface area contributed by atoms with Crippen molar-refractivity contribution in [2.75, 3.05) is 26.2 Å². The minimum atomic E-state index is -2.12. The Hall–Kier alpha value is -2.00. The molecule has 6 N–H and O–H groups in total. The van der Waals surface area contributed by atoms with E-state index in [0.717, 1.165) is 38.8 Å². The van der Waals surface area contributed by atoms with E-state index in [9.17, 15) is 24.3 Å². The molecule has 0 aromatic carbocycles. The van der Waals surface area contributed by atoms with E-state index in [2.05, 4.69) is 16.0 Å². The summed E-state index contributed by atoms with van der Waals surface area (Å²) in [4.78, 5) is 47.2. The van der Waals surface area contributed by atoms with E-state index in [1.54, 1.807) is 0 Å². The SMILES string of the molecule is CCCCC(=O)C(N)(CNC(=O)CCNC(=O)CCC1CCNCC1)C(=O)O. The summed E-state index contributed by atoms with van der Waals surface area (Å²) in [5.41, 5.74) is 3.60. The zero-order valence-corrected chi connectivity index (χ0v) is 16.7. The third-order valence-electron chi connectivity index (χ3n) is 5.11. The van der Waals surface area contributed by atoms with Crippen molar-refractivity contribution in [1.82, 2.24) is 16.0 Å². The Morgan fingerprint density at radius 3 is 2.32 bits per heavy atom. The van der Waals surface area contributed by atoms with Crippen LogP contribution in [0.15, 0.2) is 0 Å². The number of carbonyl (C=O) groups excluding carboxylic acids is 3. The second-order valence-corrected chi connectivity index (χ2v) is 7.41. The number of ketones is 1. The van der Waals surface area contributed by atoms with E-state index in [1.165, 1.54) is 0 Å². The van der Waals surface area contributed by atoms with Gasteiger partial charge in [-0.2, -0.15) is 0 Å². The van der Waals surface area contributed by atoms with Gasteiger partial charge in [-0.1, -0.05) is 13.3 Å². The van der Waals surface area contributed by atoms with Gasteiger partial charge in [-0.15, -0.1) is 0 Å². The number of carboxylic acid groups (broad SMARTS) is 1. The molecule has 0 bridgehead atoms. The predicted molar refractivity (Wildman–Crippen MR) is 105 cm³/mol. The average Bonchev–Trinajstić information content (AvgIpc) is 2.69. The number of piperidine rings is 1. The first-order valence-electron chi connectivity index (χ1n) is 10.1. The van der Waals surface area contributed by atoms with E-state index in [-0.39, 0.29) is 25.3 Å². The number of hydrogen-bond acceptors (Lipinski definition) is 6. The van der Waals surface area contributed by atoms with Crippen LogP contribution >= 0.6 is 0 Å². The summed E-state index contributed by atoms with van der Waals surface area (Å²) in [7, 11) is 0. The molecular formula is C19H34N4O5. The second kappa shape index (κ2) is 12.5. The van der Waals surface area contributed by atoms with Crippen LogP contribution in [0.3, 0.4) is 0 Å². The number of carbonyl (C=O) groups is 4. The van der Waals surface area contributed by atoms with Crippen LogP contribution in [0.4, 0.5) is 0 Å². The number of Topliss-reactive ketones (excluding diaryl/α,β-unsaturated/α-hetero) is 1. The third kappa shape index (κ3) is 8.35. The van der Waals surface area contributed by atoms with E-state index in [0.29, 0.717) is 18.8 Å². The zero-order chi connectivity index (χ0) is 21.0. The minimum Gasteiger partial charge on any atom is -0.479 e. The largest absolute Gasteiger partial charge is 0.479 e. The Morgan fingerprint density at radius 2 is 1.71 bits per heavy atom. The zero-order valence-electron chi connectivity index (χ0n) is 16.7. The van der Waals surface area contributed by atoms with E-state index in [4.69, 9.17) is 5.73 Å². The monoisotopic (exact) mass is 398 g/mol. The van der Waals surface area contributed by atoms with Gasteiger partial charge in [0.2, 0.25) is 11.8 Å². The van der Waals surface area contributed by atoms with E-state index in [1.807, 2.05) is 6.92 Å². The van der Waals surface area contributed by atoms with Crippen LogP contribution in [0.5, 0.6) is 0 Å². The van der Waals surface area contributed by atoms with Gasteiger partial charge in [0.05, 0.1) is 6.54 Å². The molecule has 1 fully saturated rings. The van der Waals surface area contributed by atoms with Crippen molar-refractivity contribution < 1.29 is 24.3 Å².